The van der Waals surface area contributed by atoms with Gasteiger partial charge in [-0.25, -0.2) is 0 Å². The summed E-state index contributed by atoms with van der Waals surface area (Å²) < 4.78 is 5.46. The lowest BCUT2D eigenvalue weighted by Gasteiger charge is -2.07. The van der Waals surface area contributed by atoms with E-state index in [0.29, 0.717) is 23.3 Å². The van der Waals surface area contributed by atoms with Gasteiger partial charge in [0.25, 0.3) is 5.69 Å². The van der Waals surface area contributed by atoms with E-state index in [1.54, 1.807) is 30.3 Å². The van der Waals surface area contributed by atoms with Crippen molar-refractivity contribution in [3.05, 3.63) is 64.2 Å². The Morgan fingerprint density at radius 3 is 2.61 bits per heavy atom. The number of carbonyl (C=O) groups is 1. The van der Waals surface area contributed by atoms with Crippen LogP contribution in [-0.2, 0) is 0 Å². The second kappa shape index (κ2) is 5.09. The zero-order chi connectivity index (χ0) is 13.0. The van der Waals surface area contributed by atoms with Crippen LogP contribution in [0.15, 0.2) is 48.5 Å². The number of carbonyl (C=O) groups excluding carboxylic acids is 1. The van der Waals surface area contributed by atoms with Crippen LogP contribution in [0.25, 0.3) is 0 Å². The van der Waals surface area contributed by atoms with Gasteiger partial charge in [-0.15, -0.1) is 0 Å². The number of nitrogens with zero attached hydrogens (tertiary/aromatic N) is 1. The van der Waals surface area contributed by atoms with Gasteiger partial charge in [0.15, 0.2) is 6.29 Å². The van der Waals surface area contributed by atoms with E-state index in [9.17, 15) is 14.9 Å². The molecule has 5 nitrogen and oxygen atoms in total. The Morgan fingerprint density at radius 2 is 1.89 bits per heavy atom. The van der Waals surface area contributed by atoms with E-state index in [4.69, 9.17) is 4.74 Å². The SMILES string of the molecule is O=Cc1ccccc1Oc1cccc([N+](=O)[O-])c1. The van der Waals surface area contributed by atoms with Crippen molar-refractivity contribution in [3.63, 3.8) is 0 Å². The van der Waals surface area contributed by atoms with Crippen molar-refractivity contribution in [1.82, 2.24) is 0 Å². The molecule has 0 saturated heterocycles. The van der Waals surface area contributed by atoms with Gasteiger partial charge in [0.05, 0.1) is 16.6 Å². The minimum absolute atomic E-state index is 0.0592. The van der Waals surface area contributed by atoms with Crippen LogP contribution < -0.4 is 4.74 Å². The van der Waals surface area contributed by atoms with Gasteiger partial charge >= 0.3 is 0 Å². The second-order valence-corrected chi connectivity index (χ2v) is 3.51. The second-order valence-electron chi connectivity index (χ2n) is 3.51. The molecular weight excluding hydrogens is 234 g/mol. The fourth-order valence-corrected chi connectivity index (χ4v) is 1.46. The van der Waals surface area contributed by atoms with E-state index in [2.05, 4.69) is 0 Å². The van der Waals surface area contributed by atoms with Crippen molar-refractivity contribution in [1.29, 1.82) is 0 Å². The highest BCUT2D eigenvalue weighted by atomic mass is 16.6. The first-order valence-electron chi connectivity index (χ1n) is 5.17. The predicted molar refractivity (Wildman–Crippen MR) is 65.0 cm³/mol. The summed E-state index contributed by atoms with van der Waals surface area (Å²) in [4.78, 5) is 20.9. The molecule has 2 aromatic carbocycles. The van der Waals surface area contributed by atoms with Gasteiger partial charge in [0, 0.05) is 6.07 Å². The van der Waals surface area contributed by atoms with Crippen LogP contribution in [-0.4, -0.2) is 11.2 Å². The molecule has 0 aliphatic heterocycles. The van der Waals surface area contributed by atoms with Crippen LogP contribution in [0.3, 0.4) is 0 Å². The molecule has 5 heteroatoms. The third-order valence-electron chi connectivity index (χ3n) is 2.30. The fourth-order valence-electron chi connectivity index (χ4n) is 1.46. The molecule has 0 aliphatic carbocycles. The zero-order valence-corrected chi connectivity index (χ0v) is 9.28. The predicted octanol–water partition coefficient (Wildman–Crippen LogP) is 3.20. The van der Waals surface area contributed by atoms with Crippen LogP contribution in [0.5, 0.6) is 11.5 Å². The van der Waals surface area contributed by atoms with Crippen LogP contribution in [0.4, 0.5) is 5.69 Å². The van der Waals surface area contributed by atoms with E-state index in [-0.39, 0.29) is 5.69 Å². The number of nitro benzene ring substituents is 1. The van der Waals surface area contributed by atoms with Crippen molar-refractivity contribution in [3.8, 4) is 11.5 Å². The van der Waals surface area contributed by atoms with Crippen LogP contribution in [0.2, 0.25) is 0 Å². The zero-order valence-electron chi connectivity index (χ0n) is 9.28. The Kier molecular flexibility index (Phi) is 3.33. The highest BCUT2D eigenvalue weighted by Crippen LogP contribution is 2.26. The number of benzene rings is 2. The van der Waals surface area contributed by atoms with E-state index >= 15 is 0 Å². The largest absolute Gasteiger partial charge is 0.456 e. The van der Waals surface area contributed by atoms with Gasteiger partial charge in [0.1, 0.15) is 11.5 Å². The Morgan fingerprint density at radius 1 is 1.11 bits per heavy atom. The van der Waals surface area contributed by atoms with Gasteiger partial charge in [-0.2, -0.15) is 0 Å². The topological polar surface area (TPSA) is 69.4 Å². The third-order valence-corrected chi connectivity index (χ3v) is 2.30. The lowest BCUT2D eigenvalue weighted by Crippen LogP contribution is -1.92. The van der Waals surface area contributed by atoms with Gasteiger partial charge in [-0.3, -0.25) is 14.9 Å². The highest BCUT2D eigenvalue weighted by Gasteiger charge is 2.08. The van der Waals surface area contributed by atoms with Gasteiger partial charge in [-0.05, 0) is 18.2 Å². The highest BCUT2D eigenvalue weighted by molar-refractivity contribution is 5.79. The number of hydrogen-bond acceptors (Lipinski definition) is 4. The molecule has 0 heterocycles. The number of para-hydroxylation sites is 1. The molecule has 0 fully saturated rings. The lowest BCUT2D eigenvalue weighted by atomic mass is 10.2. The number of non-ortho nitro benzene ring substituents is 1. The smallest absolute Gasteiger partial charge is 0.273 e. The molecule has 0 amide bonds. The molecule has 18 heavy (non-hydrogen) atoms. The van der Waals surface area contributed by atoms with E-state index in [1.165, 1.54) is 18.2 Å². The van der Waals surface area contributed by atoms with Gasteiger partial charge in [0.2, 0.25) is 0 Å². The third kappa shape index (κ3) is 2.52. The fraction of sp³-hybridized carbons (Fsp3) is 0. The molecule has 2 rings (SSSR count). The molecule has 0 atom stereocenters. The molecule has 0 N–H and O–H groups in total. The summed E-state index contributed by atoms with van der Waals surface area (Å²) in [5, 5.41) is 10.6. The number of hydrogen-bond donors (Lipinski definition) is 0. The minimum Gasteiger partial charge on any atom is -0.456 e. The molecule has 90 valence electrons. The molecule has 0 spiro atoms. The first-order chi connectivity index (χ1) is 8.70. The van der Waals surface area contributed by atoms with Crippen LogP contribution in [0, 0.1) is 10.1 Å². The number of aldehydes is 1. The quantitative estimate of drug-likeness (QED) is 0.469. The van der Waals surface area contributed by atoms with Crippen LogP contribution >= 0.6 is 0 Å². The molecule has 0 aromatic heterocycles. The minimum atomic E-state index is -0.501. The molecule has 0 saturated carbocycles. The summed E-state index contributed by atoms with van der Waals surface area (Å²) in [6.45, 7) is 0. The Bertz CT molecular complexity index is 595. The maximum absolute atomic E-state index is 10.8. The van der Waals surface area contributed by atoms with Crippen molar-refractivity contribution < 1.29 is 14.5 Å². The van der Waals surface area contributed by atoms with Crippen molar-refractivity contribution >= 4 is 12.0 Å². The maximum atomic E-state index is 10.8. The Hall–Kier alpha value is -2.69. The number of ether oxygens (including phenoxy) is 1. The Balaban J connectivity index is 2.31. The summed E-state index contributed by atoms with van der Waals surface area (Å²) in [6.07, 6.45) is 0.673. The summed E-state index contributed by atoms with van der Waals surface area (Å²) in [5.41, 5.74) is 0.333. The normalized spacial score (nSPS) is 9.78. The molecule has 0 bridgehead atoms. The summed E-state index contributed by atoms with van der Waals surface area (Å²) in [6, 6.07) is 12.5. The average molecular weight is 243 g/mol. The van der Waals surface area contributed by atoms with Crippen molar-refractivity contribution in [2.45, 2.75) is 0 Å². The monoisotopic (exact) mass is 243 g/mol. The van der Waals surface area contributed by atoms with Crippen molar-refractivity contribution in [2.75, 3.05) is 0 Å². The van der Waals surface area contributed by atoms with Crippen molar-refractivity contribution in [2.24, 2.45) is 0 Å². The summed E-state index contributed by atoms with van der Waals surface area (Å²) in [5.74, 6) is 0.687. The summed E-state index contributed by atoms with van der Waals surface area (Å²) >= 11 is 0. The van der Waals surface area contributed by atoms with E-state index in [0.717, 1.165) is 0 Å². The molecule has 0 unspecified atom stereocenters. The standard InChI is InChI=1S/C13H9NO4/c15-9-10-4-1-2-7-13(10)18-12-6-3-5-11(8-12)14(16)17/h1-9H. The van der Waals surface area contributed by atoms with Crippen LogP contribution in [0.1, 0.15) is 10.4 Å². The molecule has 0 aliphatic rings. The molecular formula is C13H9NO4. The molecule has 0 radical (unpaired) electrons. The Labute approximate surface area is 103 Å². The molecule has 2 aromatic rings. The lowest BCUT2D eigenvalue weighted by molar-refractivity contribution is -0.384. The van der Waals surface area contributed by atoms with E-state index in [1.807, 2.05) is 0 Å². The first-order valence-corrected chi connectivity index (χ1v) is 5.17. The number of rotatable bonds is 4. The average Bonchev–Trinajstić information content (AvgIpc) is 2.39. The first kappa shape index (κ1) is 11.8. The summed E-state index contributed by atoms with van der Waals surface area (Å²) in [7, 11) is 0. The number of nitro groups is 1. The maximum Gasteiger partial charge on any atom is 0.273 e. The van der Waals surface area contributed by atoms with Gasteiger partial charge < -0.3 is 4.74 Å². The van der Waals surface area contributed by atoms with Gasteiger partial charge in [-0.1, -0.05) is 18.2 Å². The van der Waals surface area contributed by atoms with E-state index < -0.39 is 4.92 Å².